The van der Waals surface area contributed by atoms with Gasteiger partial charge in [0.1, 0.15) is 16.2 Å². The molecular formula is C20H27N3OS2. The molecule has 4 nitrogen and oxygen atoms in total. The molecule has 0 spiro atoms. The lowest BCUT2D eigenvalue weighted by Crippen LogP contribution is -2.44. The van der Waals surface area contributed by atoms with Crippen molar-refractivity contribution in [3.63, 3.8) is 0 Å². The Hall–Kier alpha value is -1.14. The predicted molar refractivity (Wildman–Crippen MR) is 109 cm³/mol. The fourth-order valence-electron chi connectivity index (χ4n) is 4.43. The Balaban J connectivity index is 1.55. The predicted octanol–water partition coefficient (Wildman–Crippen LogP) is 4.84. The number of rotatable bonds is 5. The molecule has 26 heavy (non-hydrogen) atoms. The van der Waals surface area contributed by atoms with E-state index in [0.29, 0.717) is 6.04 Å². The number of thiophene rings is 1. The highest BCUT2D eigenvalue weighted by Crippen LogP contribution is 2.41. The summed E-state index contributed by atoms with van der Waals surface area (Å²) >= 11 is 3.43. The van der Waals surface area contributed by atoms with Crippen molar-refractivity contribution in [1.29, 1.82) is 0 Å². The lowest BCUT2D eigenvalue weighted by Gasteiger charge is -2.35. The zero-order valence-electron chi connectivity index (χ0n) is 15.7. The van der Waals surface area contributed by atoms with Crippen LogP contribution < -0.4 is 0 Å². The first-order valence-electron chi connectivity index (χ1n) is 9.91. The highest BCUT2D eigenvalue weighted by atomic mass is 32.2. The van der Waals surface area contributed by atoms with Gasteiger partial charge in [0.25, 0.3) is 0 Å². The first kappa shape index (κ1) is 18.2. The molecule has 0 bridgehead atoms. The smallest absolute Gasteiger partial charge is 0.236 e. The SMILES string of the molecule is CCN(C(=O)C(C)Sc1ncnc2sc3c(c12)CCC3)C1CCCCC1. The number of hydrogen-bond acceptors (Lipinski definition) is 5. The monoisotopic (exact) mass is 389 g/mol. The summed E-state index contributed by atoms with van der Waals surface area (Å²) in [6.07, 6.45) is 11.3. The Kier molecular flexibility index (Phi) is 5.50. The molecule has 0 N–H and O–H groups in total. The first-order chi connectivity index (χ1) is 12.7. The third kappa shape index (κ3) is 3.38. The summed E-state index contributed by atoms with van der Waals surface area (Å²) in [6, 6.07) is 0.431. The topological polar surface area (TPSA) is 46.1 Å². The molecular weight excluding hydrogens is 362 g/mol. The Labute approximate surface area is 163 Å². The Bertz CT molecular complexity index is 798. The minimum atomic E-state index is -0.105. The third-order valence-electron chi connectivity index (χ3n) is 5.74. The first-order valence-corrected chi connectivity index (χ1v) is 11.6. The molecule has 2 heterocycles. The van der Waals surface area contributed by atoms with Crippen molar-refractivity contribution >= 4 is 39.2 Å². The second-order valence-corrected chi connectivity index (χ2v) is 9.81. The Morgan fingerprint density at radius 3 is 2.85 bits per heavy atom. The molecule has 2 aromatic rings. The van der Waals surface area contributed by atoms with Crippen LogP contribution in [0.5, 0.6) is 0 Å². The average molecular weight is 390 g/mol. The van der Waals surface area contributed by atoms with Gasteiger partial charge in [-0.2, -0.15) is 0 Å². The largest absolute Gasteiger partial charge is 0.339 e. The number of aromatic nitrogens is 2. The second-order valence-electron chi connectivity index (χ2n) is 7.39. The zero-order valence-corrected chi connectivity index (χ0v) is 17.3. The van der Waals surface area contributed by atoms with E-state index in [1.165, 1.54) is 47.9 Å². The van der Waals surface area contributed by atoms with E-state index in [-0.39, 0.29) is 11.2 Å². The number of carbonyl (C=O) groups excluding carboxylic acids is 1. The van der Waals surface area contributed by atoms with E-state index in [0.717, 1.165) is 35.7 Å². The minimum absolute atomic E-state index is 0.105. The third-order valence-corrected chi connectivity index (χ3v) is 8.03. The van der Waals surface area contributed by atoms with Crippen molar-refractivity contribution in [2.45, 2.75) is 81.5 Å². The van der Waals surface area contributed by atoms with E-state index in [1.807, 2.05) is 18.3 Å². The standard InChI is InChI=1S/C20H27N3OS2/c1-3-23(14-8-5-4-6-9-14)20(24)13(2)25-18-17-15-10-7-11-16(15)26-19(17)22-12-21-18/h12-14H,3-11H2,1-2H3. The molecule has 1 atom stereocenters. The van der Waals surface area contributed by atoms with Gasteiger partial charge in [0.2, 0.25) is 5.91 Å². The van der Waals surface area contributed by atoms with Crippen molar-refractivity contribution < 1.29 is 4.79 Å². The van der Waals surface area contributed by atoms with Gasteiger partial charge in [0.05, 0.1) is 5.25 Å². The van der Waals surface area contributed by atoms with Crippen LogP contribution in [0, 0.1) is 0 Å². The van der Waals surface area contributed by atoms with Gasteiger partial charge in [0, 0.05) is 22.8 Å². The highest BCUT2D eigenvalue weighted by Gasteiger charge is 2.29. The van der Waals surface area contributed by atoms with E-state index in [1.54, 1.807) is 18.1 Å². The summed E-state index contributed by atoms with van der Waals surface area (Å²) in [5.41, 5.74) is 1.44. The second kappa shape index (κ2) is 7.85. The molecule has 1 saturated carbocycles. The van der Waals surface area contributed by atoms with Gasteiger partial charge in [-0.05, 0) is 51.5 Å². The lowest BCUT2D eigenvalue weighted by molar-refractivity contribution is -0.133. The normalized spacial score (nSPS) is 18.8. The number of nitrogens with zero attached hydrogens (tertiary/aromatic N) is 3. The van der Waals surface area contributed by atoms with Crippen molar-refractivity contribution in [2.24, 2.45) is 0 Å². The highest BCUT2D eigenvalue weighted by molar-refractivity contribution is 8.00. The molecule has 1 unspecified atom stereocenters. The molecule has 140 valence electrons. The fraction of sp³-hybridized carbons (Fsp3) is 0.650. The van der Waals surface area contributed by atoms with E-state index in [2.05, 4.69) is 21.8 Å². The van der Waals surface area contributed by atoms with Crippen LogP contribution in [0.3, 0.4) is 0 Å². The molecule has 6 heteroatoms. The molecule has 2 aromatic heterocycles. The summed E-state index contributed by atoms with van der Waals surface area (Å²) in [4.78, 5) is 26.9. The van der Waals surface area contributed by atoms with E-state index in [4.69, 9.17) is 0 Å². The molecule has 1 amide bonds. The van der Waals surface area contributed by atoms with Crippen LogP contribution in [0.25, 0.3) is 10.2 Å². The number of amides is 1. The van der Waals surface area contributed by atoms with Crippen LogP contribution in [0.2, 0.25) is 0 Å². The van der Waals surface area contributed by atoms with Gasteiger partial charge >= 0.3 is 0 Å². The molecule has 4 rings (SSSR count). The summed E-state index contributed by atoms with van der Waals surface area (Å²) in [5, 5.41) is 2.11. The van der Waals surface area contributed by atoms with Crippen LogP contribution in [0.15, 0.2) is 11.4 Å². The lowest BCUT2D eigenvalue weighted by atomic mass is 9.94. The molecule has 0 aromatic carbocycles. The van der Waals surface area contributed by atoms with Crippen LogP contribution in [0.1, 0.15) is 62.8 Å². The number of hydrogen-bond donors (Lipinski definition) is 0. The van der Waals surface area contributed by atoms with Crippen LogP contribution in [-0.2, 0) is 17.6 Å². The van der Waals surface area contributed by atoms with Crippen molar-refractivity contribution in [3.8, 4) is 0 Å². The van der Waals surface area contributed by atoms with Crippen LogP contribution in [0.4, 0.5) is 0 Å². The van der Waals surface area contributed by atoms with Crippen LogP contribution in [-0.4, -0.2) is 38.6 Å². The van der Waals surface area contributed by atoms with Gasteiger partial charge in [0.15, 0.2) is 0 Å². The summed E-state index contributed by atoms with van der Waals surface area (Å²) in [5.74, 6) is 0.267. The minimum Gasteiger partial charge on any atom is -0.339 e. The van der Waals surface area contributed by atoms with E-state index in [9.17, 15) is 4.79 Å². The molecule has 0 saturated heterocycles. The molecule has 0 radical (unpaired) electrons. The summed E-state index contributed by atoms with van der Waals surface area (Å²) in [7, 11) is 0. The molecule has 2 aliphatic rings. The fourth-order valence-corrected chi connectivity index (χ4v) is 6.74. The van der Waals surface area contributed by atoms with E-state index >= 15 is 0 Å². The van der Waals surface area contributed by atoms with E-state index < -0.39 is 0 Å². The van der Waals surface area contributed by atoms with Gasteiger partial charge in [-0.1, -0.05) is 31.0 Å². The maximum atomic E-state index is 13.2. The van der Waals surface area contributed by atoms with Gasteiger partial charge in [-0.25, -0.2) is 9.97 Å². The molecule has 0 aliphatic heterocycles. The van der Waals surface area contributed by atoms with Crippen molar-refractivity contribution in [3.05, 3.63) is 16.8 Å². The molecule has 2 aliphatic carbocycles. The maximum absolute atomic E-state index is 13.2. The quantitative estimate of drug-likeness (QED) is 0.542. The number of thioether (sulfide) groups is 1. The van der Waals surface area contributed by atoms with Crippen LogP contribution >= 0.6 is 23.1 Å². The van der Waals surface area contributed by atoms with Crippen molar-refractivity contribution in [1.82, 2.24) is 14.9 Å². The number of fused-ring (bicyclic) bond motifs is 3. The maximum Gasteiger partial charge on any atom is 0.236 e. The van der Waals surface area contributed by atoms with Gasteiger partial charge in [-0.3, -0.25) is 4.79 Å². The summed E-state index contributed by atoms with van der Waals surface area (Å²) < 4.78 is 0. The van der Waals surface area contributed by atoms with Crippen molar-refractivity contribution in [2.75, 3.05) is 6.54 Å². The number of aryl methyl sites for hydroxylation is 2. The molecule has 1 fully saturated rings. The van der Waals surface area contributed by atoms with Gasteiger partial charge < -0.3 is 4.90 Å². The Morgan fingerprint density at radius 2 is 2.08 bits per heavy atom. The summed E-state index contributed by atoms with van der Waals surface area (Å²) in [6.45, 7) is 4.96. The average Bonchev–Trinajstić information content (AvgIpc) is 3.24. The zero-order chi connectivity index (χ0) is 18.1. The van der Waals surface area contributed by atoms with Gasteiger partial charge in [-0.15, -0.1) is 11.3 Å². The Morgan fingerprint density at radius 1 is 1.27 bits per heavy atom. The number of carbonyl (C=O) groups is 1.